The molecule has 0 aliphatic carbocycles. The zero-order chi connectivity index (χ0) is 13.1. The Kier molecular flexibility index (Phi) is 3.67. The van der Waals surface area contributed by atoms with Gasteiger partial charge in [0.2, 0.25) is 0 Å². The summed E-state index contributed by atoms with van der Waals surface area (Å²) in [7, 11) is 0. The van der Waals surface area contributed by atoms with Gasteiger partial charge in [0.05, 0.1) is 0 Å². The molecule has 1 heterocycles. The van der Waals surface area contributed by atoms with Gasteiger partial charge in [0.1, 0.15) is 0 Å². The Morgan fingerprint density at radius 3 is 2.72 bits per heavy atom. The van der Waals surface area contributed by atoms with Crippen molar-refractivity contribution in [1.29, 1.82) is 0 Å². The van der Waals surface area contributed by atoms with E-state index in [1.165, 1.54) is 6.07 Å². The summed E-state index contributed by atoms with van der Waals surface area (Å²) < 4.78 is 26.6. The number of nitrogens with zero attached hydrogens (tertiary/aromatic N) is 1. The standard InChI is InChI=1S/C14H14F2N2/c1-9-11(5-3-7-18-9)13(17)8-10-4-2-6-12(15)14(10)16/h2-7,13H,8,17H2,1H3. The molecule has 1 aromatic carbocycles. The molecule has 2 N–H and O–H groups in total. The van der Waals surface area contributed by atoms with E-state index in [-0.39, 0.29) is 12.0 Å². The van der Waals surface area contributed by atoms with Crippen LogP contribution in [0.4, 0.5) is 8.78 Å². The molecule has 0 radical (unpaired) electrons. The smallest absolute Gasteiger partial charge is 0.162 e. The van der Waals surface area contributed by atoms with Crippen LogP contribution in [0.3, 0.4) is 0 Å². The Morgan fingerprint density at radius 1 is 1.22 bits per heavy atom. The highest BCUT2D eigenvalue weighted by Crippen LogP contribution is 2.20. The van der Waals surface area contributed by atoms with Crippen molar-refractivity contribution in [2.75, 3.05) is 0 Å². The minimum absolute atomic E-state index is 0.246. The molecule has 0 spiro atoms. The number of rotatable bonds is 3. The van der Waals surface area contributed by atoms with E-state index in [0.717, 1.165) is 17.3 Å². The van der Waals surface area contributed by atoms with Crippen molar-refractivity contribution in [3.63, 3.8) is 0 Å². The SMILES string of the molecule is Cc1ncccc1C(N)Cc1cccc(F)c1F. The van der Waals surface area contributed by atoms with Crippen LogP contribution in [-0.4, -0.2) is 4.98 Å². The van der Waals surface area contributed by atoms with Gasteiger partial charge in [-0.15, -0.1) is 0 Å². The van der Waals surface area contributed by atoms with E-state index in [4.69, 9.17) is 5.73 Å². The molecule has 1 atom stereocenters. The summed E-state index contributed by atoms with van der Waals surface area (Å²) in [6.45, 7) is 1.84. The molecule has 2 aromatic rings. The third-order valence-electron chi connectivity index (χ3n) is 2.92. The van der Waals surface area contributed by atoms with Crippen LogP contribution in [0, 0.1) is 18.6 Å². The summed E-state index contributed by atoms with van der Waals surface area (Å²) >= 11 is 0. The molecule has 1 aromatic heterocycles. The van der Waals surface area contributed by atoms with Gasteiger partial charge >= 0.3 is 0 Å². The Morgan fingerprint density at radius 2 is 2.00 bits per heavy atom. The van der Waals surface area contributed by atoms with Gasteiger partial charge in [-0.05, 0) is 36.6 Å². The molecule has 0 saturated heterocycles. The van der Waals surface area contributed by atoms with Crippen LogP contribution >= 0.6 is 0 Å². The number of aryl methyl sites for hydroxylation is 1. The van der Waals surface area contributed by atoms with Gasteiger partial charge in [-0.3, -0.25) is 4.98 Å². The topological polar surface area (TPSA) is 38.9 Å². The molecule has 94 valence electrons. The summed E-state index contributed by atoms with van der Waals surface area (Å²) in [5.41, 5.74) is 7.96. The fraction of sp³-hybridized carbons (Fsp3) is 0.214. The number of hydrogen-bond donors (Lipinski definition) is 1. The van der Waals surface area contributed by atoms with Gasteiger partial charge in [-0.25, -0.2) is 8.78 Å². The van der Waals surface area contributed by atoms with Crippen molar-refractivity contribution >= 4 is 0 Å². The molecular formula is C14H14F2N2. The first kappa shape index (κ1) is 12.6. The summed E-state index contributed by atoms with van der Waals surface area (Å²) in [6.07, 6.45) is 1.92. The van der Waals surface area contributed by atoms with Crippen LogP contribution in [0.1, 0.15) is 22.9 Å². The summed E-state index contributed by atoms with van der Waals surface area (Å²) in [6, 6.07) is 7.36. The van der Waals surface area contributed by atoms with Crippen molar-refractivity contribution in [2.45, 2.75) is 19.4 Å². The molecule has 4 heteroatoms. The second-order valence-electron chi connectivity index (χ2n) is 4.20. The van der Waals surface area contributed by atoms with E-state index in [2.05, 4.69) is 4.98 Å². The normalized spacial score (nSPS) is 12.4. The summed E-state index contributed by atoms with van der Waals surface area (Å²) in [5.74, 6) is -1.67. The van der Waals surface area contributed by atoms with Gasteiger partial charge in [0, 0.05) is 17.9 Å². The quantitative estimate of drug-likeness (QED) is 0.907. The largest absolute Gasteiger partial charge is 0.324 e. The van der Waals surface area contributed by atoms with E-state index < -0.39 is 17.7 Å². The highest BCUT2D eigenvalue weighted by Gasteiger charge is 2.14. The molecule has 0 bridgehead atoms. The Bertz CT molecular complexity index is 555. The maximum absolute atomic E-state index is 13.5. The van der Waals surface area contributed by atoms with Crippen molar-refractivity contribution in [1.82, 2.24) is 4.98 Å². The molecule has 0 saturated carbocycles. The second-order valence-corrected chi connectivity index (χ2v) is 4.20. The lowest BCUT2D eigenvalue weighted by atomic mass is 9.98. The first-order valence-corrected chi connectivity index (χ1v) is 5.69. The van der Waals surface area contributed by atoms with E-state index in [9.17, 15) is 8.78 Å². The van der Waals surface area contributed by atoms with Crippen LogP contribution in [0.2, 0.25) is 0 Å². The molecule has 0 aliphatic heterocycles. The lowest BCUT2D eigenvalue weighted by Crippen LogP contribution is -2.16. The predicted molar refractivity (Wildman–Crippen MR) is 66.0 cm³/mol. The number of pyridine rings is 1. The van der Waals surface area contributed by atoms with Crippen LogP contribution in [-0.2, 0) is 6.42 Å². The van der Waals surface area contributed by atoms with Crippen molar-refractivity contribution < 1.29 is 8.78 Å². The zero-order valence-electron chi connectivity index (χ0n) is 10.0. The van der Waals surface area contributed by atoms with E-state index in [0.29, 0.717) is 0 Å². The third kappa shape index (κ3) is 2.54. The summed E-state index contributed by atoms with van der Waals surface area (Å²) in [5, 5.41) is 0. The molecule has 0 aliphatic rings. The third-order valence-corrected chi connectivity index (χ3v) is 2.92. The monoisotopic (exact) mass is 248 g/mol. The van der Waals surface area contributed by atoms with Gasteiger partial charge in [-0.2, -0.15) is 0 Å². The number of benzene rings is 1. The first-order valence-electron chi connectivity index (χ1n) is 5.69. The lowest BCUT2D eigenvalue weighted by Gasteiger charge is -2.14. The fourth-order valence-electron chi connectivity index (χ4n) is 1.94. The molecule has 2 rings (SSSR count). The molecule has 2 nitrogen and oxygen atoms in total. The van der Waals surface area contributed by atoms with Gasteiger partial charge in [0.15, 0.2) is 11.6 Å². The van der Waals surface area contributed by atoms with Crippen LogP contribution < -0.4 is 5.73 Å². The van der Waals surface area contributed by atoms with Crippen molar-refractivity contribution in [3.8, 4) is 0 Å². The highest BCUT2D eigenvalue weighted by molar-refractivity contribution is 5.26. The Hall–Kier alpha value is -1.81. The molecule has 0 amide bonds. The fourth-order valence-corrected chi connectivity index (χ4v) is 1.94. The van der Waals surface area contributed by atoms with Gasteiger partial charge < -0.3 is 5.73 Å². The number of hydrogen-bond acceptors (Lipinski definition) is 2. The number of nitrogens with two attached hydrogens (primary N) is 1. The maximum Gasteiger partial charge on any atom is 0.162 e. The van der Waals surface area contributed by atoms with Gasteiger partial charge in [-0.1, -0.05) is 18.2 Å². The van der Waals surface area contributed by atoms with Crippen LogP contribution in [0.5, 0.6) is 0 Å². The summed E-state index contributed by atoms with van der Waals surface area (Å²) in [4.78, 5) is 4.13. The first-order chi connectivity index (χ1) is 8.59. The number of halogens is 2. The van der Waals surface area contributed by atoms with Gasteiger partial charge in [0.25, 0.3) is 0 Å². The molecular weight excluding hydrogens is 234 g/mol. The average molecular weight is 248 g/mol. The highest BCUT2D eigenvalue weighted by atomic mass is 19.2. The lowest BCUT2D eigenvalue weighted by molar-refractivity contribution is 0.494. The van der Waals surface area contributed by atoms with Crippen molar-refractivity contribution in [2.24, 2.45) is 5.73 Å². The van der Waals surface area contributed by atoms with E-state index in [1.54, 1.807) is 18.3 Å². The molecule has 1 unspecified atom stereocenters. The molecule has 0 fully saturated rings. The average Bonchev–Trinajstić information content (AvgIpc) is 2.35. The van der Waals surface area contributed by atoms with E-state index in [1.807, 2.05) is 13.0 Å². The number of aromatic nitrogens is 1. The Balaban J connectivity index is 2.24. The zero-order valence-corrected chi connectivity index (χ0v) is 10.0. The van der Waals surface area contributed by atoms with Crippen LogP contribution in [0.15, 0.2) is 36.5 Å². The Labute approximate surface area is 104 Å². The van der Waals surface area contributed by atoms with E-state index >= 15 is 0 Å². The minimum atomic E-state index is -0.845. The second kappa shape index (κ2) is 5.23. The predicted octanol–water partition coefficient (Wildman–Crippen LogP) is 2.91. The van der Waals surface area contributed by atoms with Crippen LogP contribution in [0.25, 0.3) is 0 Å². The minimum Gasteiger partial charge on any atom is -0.324 e. The van der Waals surface area contributed by atoms with Crippen molar-refractivity contribution in [3.05, 3.63) is 65.0 Å². The maximum atomic E-state index is 13.5. The molecule has 18 heavy (non-hydrogen) atoms.